The summed E-state index contributed by atoms with van der Waals surface area (Å²) in [6.45, 7) is 0. The monoisotopic (exact) mass is 476 g/mol. The molecule has 4 fully saturated rings. The molecule has 2 amide bonds. The van der Waals surface area contributed by atoms with Crippen LogP contribution in [0.4, 0.5) is 5.13 Å². The highest BCUT2D eigenvalue weighted by Gasteiger charge is 2.53. The molecule has 1 unspecified atom stereocenters. The summed E-state index contributed by atoms with van der Waals surface area (Å²) in [5, 5.41) is 16.2. The van der Waals surface area contributed by atoms with Crippen molar-refractivity contribution in [2.24, 2.45) is 17.8 Å². The van der Waals surface area contributed by atoms with Crippen molar-refractivity contribution in [1.29, 1.82) is 0 Å². The first-order valence-corrected chi connectivity index (χ1v) is 12.9. The SMILES string of the molecule is O=C(NC(Cc1ccccc1)C(=O)Nc1nnc(C23CC4CC(CC(C4)C2)C3)s1)c1ccco1. The Morgan fingerprint density at radius 2 is 1.71 bits per heavy atom. The second-order valence-electron chi connectivity index (χ2n) is 10.3. The maximum Gasteiger partial charge on any atom is 0.287 e. The first kappa shape index (κ1) is 21.5. The lowest BCUT2D eigenvalue weighted by Crippen LogP contribution is -2.48. The Kier molecular flexibility index (Phi) is 5.48. The van der Waals surface area contributed by atoms with Crippen molar-refractivity contribution in [3.63, 3.8) is 0 Å². The third kappa shape index (κ3) is 4.15. The minimum Gasteiger partial charge on any atom is -0.459 e. The van der Waals surface area contributed by atoms with E-state index >= 15 is 0 Å². The fraction of sp³-hybridized carbons (Fsp3) is 0.462. The average Bonchev–Trinajstić information content (AvgIpc) is 3.51. The average molecular weight is 477 g/mol. The van der Waals surface area contributed by atoms with Crippen LogP contribution in [-0.2, 0) is 16.6 Å². The Labute approximate surface area is 202 Å². The van der Waals surface area contributed by atoms with Gasteiger partial charge in [0.15, 0.2) is 5.76 Å². The molecule has 3 aromatic rings. The molecule has 0 aliphatic heterocycles. The summed E-state index contributed by atoms with van der Waals surface area (Å²) in [5.74, 6) is 1.90. The number of nitrogens with zero attached hydrogens (tertiary/aromatic N) is 2. The molecule has 0 radical (unpaired) electrons. The van der Waals surface area contributed by atoms with E-state index in [9.17, 15) is 9.59 Å². The van der Waals surface area contributed by atoms with Gasteiger partial charge in [-0.15, -0.1) is 10.2 Å². The van der Waals surface area contributed by atoms with E-state index in [2.05, 4.69) is 20.8 Å². The van der Waals surface area contributed by atoms with Crippen molar-refractivity contribution >= 4 is 28.3 Å². The normalized spacial score (nSPS) is 27.9. The number of benzene rings is 1. The maximum atomic E-state index is 13.3. The summed E-state index contributed by atoms with van der Waals surface area (Å²) in [4.78, 5) is 25.9. The Hall–Kier alpha value is -3.00. The van der Waals surface area contributed by atoms with Crippen LogP contribution in [0, 0.1) is 17.8 Å². The Balaban J connectivity index is 1.19. The van der Waals surface area contributed by atoms with Crippen LogP contribution in [0.1, 0.15) is 59.7 Å². The zero-order valence-electron chi connectivity index (χ0n) is 18.9. The highest BCUT2D eigenvalue weighted by atomic mass is 32.1. The number of aromatic nitrogens is 2. The van der Waals surface area contributed by atoms with Crippen molar-refractivity contribution in [2.75, 3.05) is 5.32 Å². The summed E-state index contributed by atoms with van der Waals surface area (Å²) < 4.78 is 5.20. The second-order valence-corrected chi connectivity index (χ2v) is 11.3. The van der Waals surface area contributed by atoms with Gasteiger partial charge in [0.05, 0.1) is 6.26 Å². The zero-order valence-corrected chi connectivity index (χ0v) is 19.7. The highest BCUT2D eigenvalue weighted by molar-refractivity contribution is 7.15. The summed E-state index contributed by atoms with van der Waals surface area (Å²) in [5.41, 5.74) is 1.10. The molecule has 2 heterocycles. The lowest BCUT2D eigenvalue weighted by atomic mass is 9.50. The number of carbonyl (C=O) groups excluding carboxylic acids is 2. The van der Waals surface area contributed by atoms with Gasteiger partial charge in [-0.1, -0.05) is 41.7 Å². The lowest BCUT2D eigenvalue weighted by Gasteiger charge is -2.55. The Bertz CT molecular complexity index is 1140. The molecule has 34 heavy (non-hydrogen) atoms. The molecule has 0 saturated heterocycles. The van der Waals surface area contributed by atoms with E-state index in [4.69, 9.17) is 4.42 Å². The third-order valence-electron chi connectivity index (χ3n) is 7.80. The molecular weight excluding hydrogens is 448 g/mol. The van der Waals surface area contributed by atoms with Crippen LogP contribution in [0.3, 0.4) is 0 Å². The van der Waals surface area contributed by atoms with E-state index in [0.717, 1.165) is 28.3 Å². The molecule has 4 aliphatic rings. The van der Waals surface area contributed by atoms with Crippen molar-refractivity contribution in [1.82, 2.24) is 15.5 Å². The van der Waals surface area contributed by atoms with Gasteiger partial charge in [-0.05, 0) is 74.0 Å². The van der Waals surface area contributed by atoms with E-state index in [-0.39, 0.29) is 17.1 Å². The smallest absolute Gasteiger partial charge is 0.287 e. The van der Waals surface area contributed by atoms with Crippen LogP contribution >= 0.6 is 11.3 Å². The quantitative estimate of drug-likeness (QED) is 0.520. The molecule has 2 aromatic heterocycles. The molecule has 7 nitrogen and oxygen atoms in total. The minimum absolute atomic E-state index is 0.145. The first-order valence-electron chi connectivity index (χ1n) is 12.1. The summed E-state index contributed by atoms with van der Waals surface area (Å²) in [6, 6.07) is 12.1. The molecule has 4 saturated carbocycles. The number of rotatable bonds is 7. The molecule has 176 valence electrons. The van der Waals surface area contributed by atoms with E-state index in [1.807, 2.05) is 30.3 Å². The largest absolute Gasteiger partial charge is 0.459 e. The Morgan fingerprint density at radius 1 is 1.00 bits per heavy atom. The van der Waals surface area contributed by atoms with Crippen LogP contribution in [0.5, 0.6) is 0 Å². The van der Waals surface area contributed by atoms with Crippen molar-refractivity contribution in [3.05, 3.63) is 65.1 Å². The fourth-order valence-corrected chi connectivity index (χ4v) is 7.71. The van der Waals surface area contributed by atoms with E-state index in [0.29, 0.717) is 11.6 Å². The van der Waals surface area contributed by atoms with Crippen LogP contribution in [0.15, 0.2) is 53.1 Å². The van der Waals surface area contributed by atoms with Gasteiger partial charge in [0.25, 0.3) is 5.91 Å². The minimum atomic E-state index is -0.771. The Morgan fingerprint density at radius 3 is 2.35 bits per heavy atom. The number of amides is 2. The van der Waals surface area contributed by atoms with Gasteiger partial charge >= 0.3 is 0 Å². The molecule has 4 bridgehead atoms. The number of hydrogen-bond acceptors (Lipinski definition) is 6. The number of furan rings is 1. The zero-order chi connectivity index (χ0) is 23.1. The molecule has 0 spiro atoms. The van der Waals surface area contributed by atoms with Crippen LogP contribution < -0.4 is 10.6 Å². The maximum absolute atomic E-state index is 13.3. The number of anilines is 1. The highest BCUT2D eigenvalue weighted by Crippen LogP contribution is 2.61. The van der Waals surface area contributed by atoms with Gasteiger partial charge in [0.1, 0.15) is 11.0 Å². The fourth-order valence-electron chi connectivity index (χ4n) is 6.75. The van der Waals surface area contributed by atoms with E-state index < -0.39 is 11.9 Å². The number of nitrogens with one attached hydrogen (secondary N) is 2. The molecule has 7 rings (SSSR count). The van der Waals surface area contributed by atoms with Gasteiger partial charge in [-0.25, -0.2) is 0 Å². The van der Waals surface area contributed by atoms with E-state index in [1.165, 1.54) is 56.1 Å². The molecule has 2 N–H and O–H groups in total. The van der Waals surface area contributed by atoms with Gasteiger partial charge in [-0.3, -0.25) is 14.9 Å². The number of hydrogen-bond donors (Lipinski definition) is 2. The molecular formula is C26H28N4O3S. The first-order chi connectivity index (χ1) is 16.6. The van der Waals surface area contributed by atoms with Crippen LogP contribution in [0.2, 0.25) is 0 Å². The summed E-state index contributed by atoms with van der Waals surface area (Å²) in [7, 11) is 0. The van der Waals surface area contributed by atoms with Crippen molar-refractivity contribution < 1.29 is 14.0 Å². The number of carbonyl (C=O) groups is 2. The van der Waals surface area contributed by atoms with Crippen molar-refractivity contribution in [2.45, 2.75) is 56.4 Å². The molecule has 8 heteroatoms. The van der Waals surface area contributed by atoms with Gasteiger partial charge in [0, 0.05) is 11.8 Å². The topological polar surface area (TPSA) is 97.1 Å². The standard InChI is InChI=1S/C26H28N4O3S/c31-22(20(12-16-5-2-1-3-6-16)27-23(32)21-7-4-8-33-21)28-25-30-29-24(34-25)26-13-17-9-18(14-26)11-19(10-17)15-26/h1-8,17-20H,9-15H2,(H,27,32)(H,28,30,31). The second kappa shape index (κ2) is 8.65. The molecule has 1 aromatic carbocycles. The van der Waals surface area contributed by atoms with Gasteiger partial charge < -0.3 is 9.73 Å². The predicted octanol–water partition coefficient (Wildman–Crippen LogP) is 4.58. The van der Waals surface area contributed by atoms with Gasteiger partial charge in [-0.2, -0.15) is 0 Å². The summed E-state index contributed by atoms with van der Waals surface area (Å²) >= 11 is 1.50. The van der Waals surface area contributed by atoms with Gasteiger partial charge in [0.2, 0.25) is 11.0 Å². The third-order valence-corrected chi connectivity index (χ3v) is 8.88. The molecule has 4 aliphatic carbocycles. The van der Waals surface area contributed by atoms with Crippen LogP contribution in [-0.4, -0.2) is 28.1 Å². The van der Waals surface area contributed by atoms with Crippen molar-refractivity contribution in [3.8, 4) is 0 Å². The van der Waals surface area contributed by atoms with E-state index in [1.54, 1.807) is 12.1 Å². The molecule has 1 atom stereocenters. The summed E-state index contributed by atoms with van der Waals surface area (Å²) in [6.07, 6.45) is 9.54. The predicted molar refractivity (Wildman–Crippen MR) is 128 cm³/mol. The lowest BCUT2D eigenvalue weighted by molar-refractivity contribution is -0.118. The van der Waals surface area contributed by atoms with Crippen LogP contribution in [0.25, 0.3) is 0 Å².